The maximum absolute atomic E-state index is 12.2. The molecule has 0 bridgehead atoms. The molecule has 1 unspecified atom stereocenters. The van der Waals surface area contributed by atoms with Gasteiger partial charge in [-0.25, -0.2) is 9.78 Å². The summed E-state index contributed by atoms with van der Waals surface area (Å²) in [6, 6.07) is 2.12. The number of carbonyl (C=O) groups excluding carboxylic acids is 1. The van der Waals surface area contributed by atoms with E-state index in [4.69, 9.17) is 4.74 Å². The third kappa shape index (κ3) is 5.31. The molecule has 1 aliphatic rings. The number of H-pyrrole nitrogens is 1. The minimum absolute atomic E-state index is 0.0566. The number of fused-ring (bicyclic) bond motifs is 1. The van der Waals surface area contributed by atoms with E-state index in [9.17, 15) is 4.79 Å². The predicted molar refractivity (Wildman–Crippen MR) is 118 cm³/mol. The number of anilines is 2. The van der Waals surface area contributed by atoms with E-state index in [2.05, 4.69) is 47.5 Å². The van der Waals surface area contributed by atoms with E-state index in [0.717, 1.165) is 66.6 Å². The smallest absolute Gasteiger partial charge is 0.407 e. The fourth-order valence-electron chi connectivity index (χ4n) is 3.53. The number of piperidine rings is 1. The molecule has 8 heteroatoms. The highest BCUT2D eigenvalue weighted by Crippen LogP contribution is 2.35. The summed E-state index contributed by atoms with van der Waals surface area (Å²) in [5, 5.41) is 8.61. The van der Waals surface area contributed by atoms with Crippen molar-refractivity contribution in [2.75, 3.05) is 35.2 Å². The highest BCUT2D eigenvalue weighted by atomic mass is 79.9. The van der Waals surface area contributed by atoms with Crippen LogP contribution in [-0.4, -0.2) is 52.7 Å². The van der Waals surface area contributed by atoms with Crippen molar-refractivity contribution >= 4 is 44.4 Å². The number of ether oxygens (including phenoxy) is 1. The lowest BCUT2D eigenvalue weighted by Gasteiger charge is -2.36. The molecule has 0 radical (unpaired) electrons. The van der Waals surface area contributed by atoms with Crippen molar-refractivity contribution in [3.05, 3.63) is 18.5 Å². The molecular formula is C20H30BrN5O2. The Morgan fingerprint density at radius 1 is 1.46 bits per heavy atom. The Morgan fingerprint density at radius 3 is 3.04 bits per heavy atom. The van der Waals surface area contributed by atoms with Gasteiger partial charge in [0.25, 0.3) is 0 Å². The quantitative estimate of drug-likeness (QED) is 0.451. The fraction of sp³-hybridized carbons (Fsp3) is 0.600. The summed E-state index contributed by atoms with van der Waals surface area (Å²) in [5.74, 6) is 0. The van der Waals surface area contributed by atoms with Gasteiger partial charge in [-0.2, -0.15) is 0 Å². The van der Waals surface area contributed by atoms with Crippen LogP contribution in [0.1, 0.15) is 40.0 Å². The van der Waals surface area contributed by atoms with Gasteiger partial charge in [-0.3, -0.25) is 0 Å². The number of carbonyl (C=O) groups is 1. The van der Waals surface area contributed by atoms with Crippen molar-refractivity contribution in [2.24, 2.45) is 0 Å². The van der Waals surface area contributed by atoms with Crippen molar-refractivity contribution < 1.29 is 9.53 Å². The Balaban J connectivity index is 1.77. The van der Waals surface area contributed by atoms with E-state index in [1.807, 2.05) is 33.2 Å². The van der Waals surface area contributed by atoms with Crippen LogP contribution in [-0.2, 0) is 4.74 Å². The summed E-state index contributed by atoms with van der Waals surface area (Å²) < 4.78 is 5.43. The van der Waals surface area contributed by atoms with Gasteiger partial charge < -0.3 is 25.3 Å². The minimum Gasteiger partial charge on any atom is -0.444 e. The molecule has 0 saturated carbocycles. The highest BCUT2D eigenvalue weighted by molar-refractivity contribution is 9.09. The Bertz CT molecular complexity index is 801. The van der Waals surface area contributed by atoms with E-state index in [1.165, 1.54) is 0 Å². The third-order valence-electron chi connectivity index (χ3n) is 4.64. The Kier molecular flexibility index (Phi) is 6.69. The molecule has 1 aliphatic heterocycles. The molecule has 7 nitrogen and oxygen atoms in total. The molecule has 0 spiro atoms. The van der Waals surface area contributed by atoms with Crippen LogP contribution < -0.4 is 15.5 Å². The van der Waals surface area contributed by atoms with Gasteiger partial charge in [0.15, 0.2) is 0 Å². The molecule has 1 atom stereocenters. The first-order valence-electron chi connectivity index (χ1n) is 9.88. The summed E-state index contributed by atoms with van der Waals surface area (Å²) in [6.45, 7) is 8.21. The number of amides is 1. The second-order valence-corrected chi connectivity index (χ2v) is 8.95. The molecule has 3 N–H and O–H groups in total. The van der Waals surface area contributed by atoms with Crippen LogP contribution in [0.2, 0.25) is 0 Å². The number of nitrogens with one attached hydrogen (secondary N) is 3. The van der Waals surface area contributed by atoms with Crippen molar-refractivity contribution in [3.63, 3.8) is 0 Å². The zero-order chi connectivity index (χ0) is 20.1. The van der Waals surface area contributed by atoms with Gasteiger partial charge in [0.05, 0.1) is 17.6 Å². The van der Waals surface area contributed by atoms with Gasteiger partial charge >= 0.3 is 6.09 Å². The van der Waals surface area contributed by atoms with Crippen LogP contribution in [0.4, 0.5) is 16.2 Å². The largest absolute Gasteiger partial charge is 0.444 e. The average molecular weight is 452 g/mol. The predicted octanol–water partition coefficient (Wildman–Crippen LogP) is 4.25. The maximum atomic E-state index is 12.2. The molecule has 1 saturated heterocycles. The summed E-state index contributed by atoms with van der Waals surface area (Å²) in [5.41, 5.74) is 2.57. The number of halogens is 1. The second-order valence-electron chi connectivity index (χ2n) is 8.16. The van der Waals surface area contributed by atoms with Gasteiger partial charge in [0.1, 0.15) is 11.2 Å². The van der Waals surface area contributed by atoms with E-state index in [-0.39, 0.29) is 12.1 Å². The van der Waals surface area contributed by atoms with Crippen LogP contribution in [0.3, 0.4) is 0 Å². The van der Waals surface area contributed by atoms with Gasteiger partial charge in [-0.1, -0.05) is 15.9 Å². The monoisotopic (exact) mass is 451 g/mol. The molecule has 154 valence electrons. The second kappa shape index (κ2) is 9.03. The average Bonchev–Trinajstić information content (AvgIpc) is 3.08. The first kappa shape index (κ1) is 20.8. The van der Waals surface area contributed by atoms with Gasteiger partial charge in [0, 0.05) is 42.6 Å². The maximum Gasteiger partial charge on any atom is 0.407 e. The molecule has 2 aromatic rings. The molecule has 0 aliphatic carbocycles. The number of rotatable bonds is 6. The Hall–Kier alpha value is -1.96. The lowest BCUT2D eigenvalue weighted by molar-refractivity contribution is 0.0500. The zero-order valence-electron chi connectivity index (χ0n) is 16.8. The third-order valence-corrected chi connectivity index (χ3v) is 5.20. The Labute approximate surface area is 174 Å². The van der Waals surface area contributed by atoms with Crippen LogP contribution in [0.15, 0.2) is 18.5 Å². The first-order chi connectivity index (χ1) is 13.4. The molecule has 3 heterocycles. The number of aromatic nitrogens is 2. The van der Waals surface area contributed by atoms with E-state index in [1.54, 1.807) is 0 Å². The number of nitrogens with zero attached hydrogens (tertiary/aromatic N) is 2. The van der Waals surface area contributed by atoms with Crippen molar-refractivity contribution in [1.29, 1.82) is 0 Å². The summed E-state index contributed by atoms with van der Waals surface area (Å²) in [7, 11) is 0. The lowest BCUT2D eigenvalue weighted by atomic mass is 10.0. The number of pyridine rings is 1. The SMILES string of the molecule is CC(C)(C)OC(=O)NC1CCCN(c2c(NCCCBr)cnc3[nH]ccc23)C1. The molecular weight excluding hydrogens is 422 g/mol. The molecule has 1 fully saturated rings. The van der Waals surface area contributed by atoms with Crippen molar-refractivity contribution in [2.45, 2.75) is 51.7 Å². The van der Waals surface area contributed by atoms with Crippen LogP contribution in [0, 0.1) is 0 Å². The zero-order valence-corrected chi connectivity index (χ0v) is 18.4. The fourth-order valence-corrected chi connectivity index (χ4v) is 3.81. The van der Waals surface area contributed by atoms with Crippen LogP contribution >= 0.6 is 15.9 Å². The number of alkyl carbamates (subject to hydrolysis) is 1. The van der Waals surface area contributed by atoms with Crippen molar-refractivity contribution in [1.82, 2.24) is 15.3 Å². The summed E-state index contributed by atoms with van der Waals surface area (Å²) in [4.78, 5) is 22.3. The van der Waals surface area contributed by atoms with Gasteiger partial charge in [-0.05, 0) is 46.1 Å². The topological polar surface area (TPSA) is 82.3 Å². The number of hydrogen-bond acceptors (Lipinski definition) is 5. The number of alkyl halides is 1. The minimum atomic E-state index is -0.493. The number of hydrogen-bond donors (Lipinski definition) is 3. The van der Waals surface area contributed by atoms with E-state index < -0.39 is 5.60 Å². The molecule has 3 rings (SSSR count). The molecule has 28 heavy (non-hydrogen) atoms. The van der Waals surface area contributed by atoms with E-state index in [0.29, 0.717) is 0 Å². The number of aromatic amines is 1. The Morgan fingerprint density at radius 2 is 2.29 bits per heavy atom. The first-order valence-corrected chi connectivity index (χ1v) is 11.0. The summed E-state index contributed by atoms with van der Waals surface area (Å²) >= 11 is 3.48. The molecule has 1 amide bonds. The normalized spacial score (nSPS) is 17.6. The highest BCUT2D eigenvalue weighted by Gasteiger charge is 2.26. The van der Waals surface area contributed by atoms with Gasteiger partial charge in [0.2, 0.25) is 0 Å². The lowest BCUT2D eigenvalue weighted by Crippen LogP contribution is -2.49. The van der Waals surface area contributed by atoms with Gasteiger partial charge in [-0.15, -0.1) is 0 Å². The van der Waals surface area contributed by atoms with Crippen molar-refractivity contribution in [3.8, 4) is 0 Å². The van der Waals surface area contributed by atoms with E-state index >= 15 is 0 Å². The summed E-state index contributed by atoms with van der Waals surface area (Å²) in [6.07, 6.45) is 6.46. The standard InChI is InChI=1S/C20H30BrN5O2/c1-20(2,3)28-19(27)25-14-6-4-11-26(13-14)17-15-7-10-23-18(15)24-12-16(17)22-9-5-8-21/h7,10,12,14,22H,4-6,8-9,11,13H2,1-3H3,(H,23,24)(H,25,27). The van der Waals surface area contributed by atoms with Crippen LogP contribution in [0.5, 0.6) is 0 Å². The molecule has 0 aromatic carbocycles. The molecule has 2 aromatic heterocycles. The van der Waals surface area contributed by atoms with Crippen LogP contribution in [0.25, 0.3) is 11.0 Å².